The van der Waals surface area contributed by atoms with Gasteiger partial charge in [0.15, 0.2) is 0 Å². The van der Waals surface area contributed by atoms with Gasteiger partial charge in [-0.25, -0.2) is 0 Å². The van der Waals surface area contributed by atoms with Crippen molar-refractivity contribution >= 4 is 16.2 Å². The molecule has 1 aromatic rings. The summed E-state index contributed by atoms with van der Waals surface area (Å²) in [5.41, 5.74) is -5.63. The van der Waals surface area contributed by atoms with Crippen molar-refractivity contribution in [2.24, 2.45) is 0 Å². The molecule has 0 unspecified atom stereocenters. The van der Waals surface area contributed by atoms with Crippen molar-refractivity contribution < 1.29 is 39.3 Å². The number of benzene rings is 1. The van der Waals surface area contributed by atoms with E-state index in [1.807, 2.05) is 0 Å². The van der Waals surface area contributed by atoms with Crippen LogP contribution in [0, 0.1) is 0 Å². The van der Waals surface area contributed by atoms with Gasteiger partial charge in [-0.05, 0) is 11.6 Å². The van der Waals surface area contributed by atoms with E-state index >= 15 is 0 Å². The van der Waals surface area contributed by atoms with Gasteiger partial charge in [-0.15, -0.1) is 0 Å². The van der Waals surface area contributed by atoms with Gasteiger partial charge in [-0.1, -0.05) is 18.7 Å². The minimum atomic E-state index is -5.63. The molecule has 3 nitrogen and oxygen atoms in total. The predicted octanol–water partition coefficient (Wildman–Crippen LogP) is 3.61. The second-order valence-corrected chi connectivity index (χ2v) is 4.97. The second-order valence-electron chi connectivity index (χ2n) is 3.58. The summed E-state index contributed by atoms with van der Waals surface area (Å²) in [6.07, 6.45) is -10.6. The highest BCUT2D eigenvalue weighted by Crippen LogP contribution is 2.45. The Kier molecular flexibility index (Phi) is 3.94. The molecule has 0 aliphatic rings. The van der Waals surface area contributed by atoms with E-state index in [1.54, 1.807) is 0 Å². The number of hydrogen-bond donors (Lipinski definition) is 1. The first-order valence-corrected chi connectivity index (χ1v) is 6.15. The molecule has 10 heteroatoms. The maximum Gasteiger partial charge on any atom is 0.418 e. The lowest BCUT2D eigenvalue weighted by Crippen LogP contribution is -2.22. The Balaban J connectivity index is 4.02. The lowest BCUT2D eigenvalue weighted by atomic mass is 10.00. The SMILES string of the molecule is C=Cc1ccc(S(=O)(=O)O)c(C(F)(F)F)c1C(F)(F)F. The number of halogens is 6. The van der Waals surface area contributed by atoms with Crippen LogP contribution in [0.25, 0.3) is 6.08 Å². The van der Waals surface area contributed by atoms with Crippen LogP contribution in [0.4, 0.5) is 26.3 Å². The molecule has 0 saturated heterocycles. The third-order valence-corrected chi connectivity index (χ3v) is 3.16. The Morgan fingerprint density at radius 1 is 1.00 bits per heavy atom. The first-order valence-electron chi connectivity index (χ1n) is 4.71. The van der Waals surface area contributed by atoms with Gasteiger partial charge in [0.05, 0.1) is 11.1 Å². The molecular formula is C10H6F6O3S. The summed E-state index contributed by atoms with van der Waals surface area (Å²) in [6, 6.07) is 0.721. The van der Waals surface area contributed by atoms with Gasteiger partial charge in [0.25, 0.3) is 10.1 Å². The molecule has 1 N–H and O–H groups in total. The van der Waals surface area contributed by atoms with E-state index in [4.69, 9.17) is 4.55 Å². The van der Waals surface area contributed by atoms with Crippen LogP contribution < -0.4 is 0 Å². The van der Waals surface area contributed by atoms with Crippen LogP contribution >= 0.6 is 0 Å². The molecule has 0 aliphatic heterocycles. The van der Waals surface area contributed by atoms with E-state index in [-0.39, 0.29) is 6.07 Å². The van der Waals surface area contributed by atoms with E-state index in [1.165, 1.54) is 0 Å². The van der Waals surface area contributed by atoms with Crippen LogP contribution in [0.3, 0.4) is 0 Å². The topological polar surface area (TPSA) is 54.4 Å². The Bertz CT molecular complexity index is 642. The zero-order chi connectivity index (χ0) is 15.9. The molecule has 0 spiro atoms. The molecule has 0 bridgehead atoms. The molecule has 0 radical (unpaired) electrons. The molecule has 0 atom stereocenters. The third-order valence-electron chi connectivity index (χ3n) is 2.26. The highest BCUT2D eigenvalue weighted by Gasteiger charge is 2.48. The van der Waals surface area contributed by atoms with E-state index in [9.17, 15) is 34.8 Å². The normalized spacial score (nSPS) is 13.3. The first-order chi connectivity index (χ1) is 8.80. The zero-order valence-corrected chi connectivity index (χ0v) is 10.2. The quantitative estimate of drug-likeness (QED) is 0.669. The summed E-state index contributed by atoms with van der Waals surface area (Å²) in [5, 5.41) is 0. The van der Waals surface area contributed by atoms with Crippen LogP contribution in [0.15, 0.2) is 23.6 Å². The monoisotopic (exact) mass is 320 g/mol. The van der Waals surface area contributed by atoms with Gasteiger partial charge in [-0.3, -0.25) is 4.55 Å². The first kappa shape index (κ1) is 16.5. The average Bonchev–Trinajstić information content (AvgIpc) is 2.23. The third kappa shape index (κ3) is 3.12. The molecule has 0 heterocycles. The van der Waals surface area contributed by atoms with E-state index in [2.05, 4.69) is 6.58 Å². The molecule has 1 rings (SSSR count). The van der Waals surface area contributed by atoms with Gasteiger partial charge < -0.3 is 0 Å². The minimum absolute atomic E-state index is 0.240. The summed E-state index contributed by atoms with van der Waals surface area (Å²) >= 11 is 0. The van der Waals surface area contributed by atoms with Crippen molar-refractivity contribution in [1.29, 1.82) is 0 Å². The van der Waals surface area contributed by atoms with Crippen molar-refractivity contribution in [3.8, 4) is 0 Å². The summed E-state index contributed by atoms with van der Waals surface area (Å²) < 4.78 is 107. The van der Waals surface area contributed by atoms with Crippen molar-refractivity contribution in [2.45, 2.75) is 17.2 Å². The van der Waals surface area contributed by atoms with Gasteiger partial charge in [-0.2, -0.15) is 34.8 Å². The molecular weight excluding hydrogens is 314 g/mol. The van der Waals surface area contributed by atoms with Crippen LogP contribution in [0.2, 0.25) is 0 Å². The Hall–Kier alpha value is -1.55. The maximum atomic E-state index is 12.8. The smallest absolute Gasteiger partial charge is 0.282 e. The fourth-order valence-electron chi connectivity index (χ4n) is 1.57. The van der Waals surface area contributed by atoms with Crippen LogP contribution in [0.1, 0.15) is 16.7 Å². The largest absolute Gasteiger partial charge is 0.418 e. The van der Waals surface area contributed by atoms with Gasteiger partial charge in [0.1, 0.15) is 4.90 Å². The number of rotatable bonds is 2. The molecule has 112 valence electrons. The standard InChI is InChI=1S/C10H6F6O3S/c1-2-5-3-4-6(20(17,18)19)8(10(14,15)16)7(5)9(11,12)13/h2-4H,1H2,(H,17,18,19). The average molecular weight is 320 g/mol. The predicted molar refractivity (Wildman–Crippen MR) is 56.4 cm³/mol. The Labute approximate surface area is 109 Å². The molecule has 0 aliphatic carbocycles. The van der Waals surface area contributed by atoms with Gasteiger partial charge in [0, 0.05) is 0 Å². The molecule has 0 aromatic heterocycles. The van der Waals surface area contributed by atoms with Gasteiger partial charge in [0.2, 0.25) is 0 Å². The molecule has 1 aromatic carbocycles. The highest BCUT2D eigenvalue weighted by atomic mass is 32.2. The lowest BCUT2D eigenvalue weighted by molar-refractivity contribution is -0.163. The molecule has 0 amide bonds. The van der Waals surface area contributed by atoms with Gasteiger partial charge >= 0.3 is 12.4 Å². The molecule has 0 fully saturated rings. The summed E-state index contributed by atoms with van der Waals surface area (Å²) in [7, 11) is -5.48. The maximum absolute atomic E-state index is 12.8. The van der Waals surface area contributed by atoms with Crippen molar-refractivity contribution in [3.05, 3.63) is 35.4 Å². The van der Waals surface area contributed by atoms with Crippen molar-refractivity contribution in [2.75, 3.05) is 0 Å². The Morgan fingerprint density at radius 2 is 1.45 bits per heavy atom. The Morgan fingerprint density at radius 3 is 1.75 bits per heavy atom. The van der Waals surface area contributed by atoms with Crippen LogP contribution in [-0.4, -0.2) is 13.0 Å². The van der Waals surface area contributed by atoms with E-state index < -0.39 is 44.1 Å². The fourth-order valence-corrected chi connectivity index (χ4v) is 2.29. The van der Waals surface area contributed by atoms with E-state index in [0.717, 1.165) is 0 Å². The zero-order valence-electron chi connectivity index (χ0n) is 9.38. The van der Waals surface area contributed by atoms with Crippen molar-refractivity contribution in [3.63, 3.8) is 0 Å². The molecule has 20 heavy (non-hydrogen) atoms. The second kappa shape index (κ2) is 4.77. The van der Waals surface area contributed by atoms with Crippen LogP contribution in [-0.2, 0) is 22.5 Å². The fraction of sp³-hybridized carbons (Fsp3) is 0.200. The summed E-state index contributed by atoms with van der Waals surface area (Å²) in [4.78, 5) is -1.86. The summed E-state index contributed by atoms with van der Waals surface area (Å²) in [5.74, 6) is 0. The lowest BCUT2D eigenvalue weighted by Gasteiger charge is -2.20. The minimum Gasteiger partial charge on any atom is -0.282 e. The van der Waals surface area contributed by atoms with Crippen molar-refractivity contribution in [1.82, 2.24) is 0 Å². The number of hydrogen-bond acceptors (Lipinski definition) is 2. The van der Waals surface area contributed by atoms with E-state index in [0.29, 0.717) is 12.1 Å². The highest BCUT2D eigenvalue weighted by molar-refractivity contribution is 7.85. The van der Waals surface area contributed by atoms with Crippen LogP contribution in [0.5, 0.6) is 0 Å². The number of alkyl halides is 6. The molecule has 0 saturated carbocycles. The summed E-state index contributed by atoms with van der Waals surface area (Å²) in [6.45, 7) is 2.94.